The van der Waals surface area contributed by atoms with Gasteiger partial charge in [0, 0.05) is 17.6 Å². The van der Waals surface area contributed by atoms with Crippen LogP contribution in [0.1, 0.15) is 27.3 Å². The van der Waals surface area contributed by atoms with Crippen molar-refractivity contribution in [3.8, 4) is 0 Å². The summed E-state index contributed by atoms with van der Waals surface area (Å²) in [5.74, 6) is -0.123. The van der Waals surface area contributed by atoms with Gasteiger partial charge in [-0.1, -0.05) is 30.3 Å². The lowest BCUT2D eigenvalue weighted by Crippen LogP contribution is -2.59. The number of nitrogens with one attached hydrogen (secondary N) is 1. The van der Waals surface area contributed by atoms with E-state index in [9.17, 15) is 4.79 Å². The molecule has 1 amide bonds. The summed E-state index contributed by atoms with van der Waals surface area (Å²) in [5, 5.41) is 3.16. The topological polar surface area (TPSA) is 55.6 Å². The molecular formula is C19H19N3O2. The fraction of sp³-hybridized carbons (Fsp3) is 0.263. The number of amides is 1. The van der Waals surface area contributed by atoms with E-state index in [0.29, 0.717) is 24.4 Å². The van der Waals surface area contributed by atoms with E-state index < -0.39 is 5.54 Å². The molecule has 4 rings (SSSR count). The third-order valence-corrected chi connectivity index (χ3v) is 4.56. The summed E-state index contributed by atoms with van der Waals surface area (Å²) in [6.45, 7) is 4.92. The van der Waals surface area contributed by atoms with Crippen LogP contribution in [0.15, 0.2) is 48.7 Å². The standard InChI is InChI=1S/C19H19N3O2/c1-13-10-14(2)22-9-8-16(17(22)20-13)18(23)21-19(11-24-12-19)15-6-4-3-5-7-15/h3-10H,11-12H2,1-2H3,(H,21,23). The van der Waals surface area contributed by atoms with Gasteiger partial charge < -0.3 is 14.5 Å². The molecule has 0 bridgehead atoms. The quantitative estimate of drug-likeness (QED) is 0.807. The van der Waals surface area contributed by atoms with Crippen molar-refractivity contribution in [2.75, 3.05) is 13.2 Å². The number of carbonyl (C=O) groups is 1. The van der Waals surface area contributed by atoms with Crippen LogP contribution in [0.5, 0.6) is 0 Å². The van der Waals surface area contributed by atoms with Gasteiger partial charge in [0.25, 0.3) is 5.91 Å². The van der Waals surface area contributed by atoms with E-state index in [1.807, 2.05) is 66.9 Å². The van der Waals surface area contributed by atoms with Gasteiger partial charge in [0.15, 0.2) is 0 Å². The van der Waals surface area contributed by atoms with Crippen molar-refractivity contribution in [3.05, 3.63) is 71.2 Å². The van der Waals surface area contributed by atoms with E-state index in [1.165, 1.54) is 0 Å². The maximum Gasteiger partial charge on any atom is 0.255 e. The second-order valence-corrected chi connectivity index (χ2v) is 6.36. The maximum absolute atomic E-state index is 12.9. The average Bonchev–Trinajstić information content (AvgIpc) is 2.95. The van der Waals surface area contributed by atoms with Gasteiger partial charge in [-0.3, -0.25) is 4.79 Å². The van der Waals surface area contributed by atoms with E-state index >= 15 is 0 Å². The van der Waals surface area contributed by atoms with Gasteiger partial charge in [-0.2, -0.15) is 0 Å². The number of fused-ring (bicyclic) bond motifs is 1. The predicted octanol–water partition coefficient (Wildman–Crippen LogP) is 2.61. The van der Waals surface area contributed by atoms with Crippen molar-refractivity contribution in [1.29, 1.82) is 0 Å². The van der Waals surface area contributed by atoms with Gasteiger partial charge >= 0.3 is 0 Å². The van der Waals surface area contributed by atoms with Crippen molar-refractivity contribution in [3.63, 3.8) is 0 Å². The van der Waals surface area contributed by atoms with Crippen LogP contribution in [0.4, 0.5) is 0 Å². The number of carbonyl (C=O) groups excluding carboxylic acids is 1. The number of aromatic nitrogens is 2. The smallest absolute Gasteiger partial charge is 0.255 e. The summed E-state index contributed by atoms with van der Waals surface area (Å²) in [5.41, 5.74) is 3.84. The summed E-state index contributed by atoms with van der Waals surface area (Å²) in [7, 11) is 0. The zero-order chi connectivity index (χ0) is 16.7. The SMILES string of the molecule is Cc1cc(C)n2ccc(C(=O)NC3(c4ccccc4)COC3)c2n1. The van der Waals surface area contributed by atoms with Crippen LogP contribution in [-0.4, -0.2) is 28.5 Å². The molecular weight excluding hydrogens is 302 g/mol. The molecule has 0 unspecified atom stereocenters. The molecule has 1 aliphatic rings. The normalized spacial score (nSPS) is 15.9. The molecule has 1 fully saturated rings. The third-order valence-electron chi connectivity index (χ3n) is 4.56. The maximum atomic E-state index is 12.9. The lowest BCUT2D eigenvalue weighted by molar-refractivity contribution is -0.0733. The van der Waals surface area contributed by atoms with Crippen LogP contribution >= 0.6 is 0 Å². The molecule has 2 aromatic heterocycles. The highest BCUT2D eigenvalue weighted by Gasteiger charge is 2.42. The molecule has 1 N–H and O–H groups in total. The minimum absolute atomic E-state index is 0.123. The fourth-order valence-electron chi connectivity index (χ4n) is 3.23. The molecule has 0 aliphatic carbocycles. The highest BCUT2D eigenvalue weighted by Crippen LogP contribution is 2.30. The zero-order valence-electron chi connectivity index (χ0n) is 13.7. The highest BCUT2D eigenvalue weighted by molar-refractivity contribution is 6.00. The molecule has 1 aromatic carbocycles. The van der Waals surface area contributed by atoms with Crippen molar-refractivity contribution in [2.24, 2.45) is 0 Å². The van der Waals surface area contributed by atoms with Gasteiger partial charge in [-0.25, -0.2) is 4.98 Å². The number of nitrogens with zero attached hydrogens (tertiary/aromatic N) is 2. The fourth-order valence-corrected chi connectivity index (χ4v) is 3.23. The molecule has 1 aliphatic heterocycles. The van der Waals surface area contributed by atoms with E-state index in [1.54, 1.807) is 0 Å². The molecule has 122 valence electrons. The minimum atomic E-state index is -0.453. The Kier molecular flexibility index (Phi) is 3.39. The summed E-state index contributed by atoms with van der Waals surface area (Å²) >= 11 is 0. The van der Waals surface area contributed by atoms with E-state index in [4.69, 9.17) is 4.74 Å². The van der Waals surface area contributed by atoms with Crippen LogP contribution in [-0.2, 0) is 10.3 Å². The van der Waals surface area contributed by atoms with E-state index in [0.717, 1.165) is 17.0 Å². The van der Waals surface area contributed by atoms with E-state index in [2.05, 4.69) is 10.3 Å². The Balaban J connectivity index is 1.70. The zero-order valence-corrected chi connectivity index (χ0v) is 13.7. The van der Waals surface area contributed by atoms with Gasteiger partial charge in [0.2, 0.25) is 0 Å². The van der Waals surface area contributed by atoms with Crippen LogP contribution in [0.2, 0.25) is 0 Å². The van der Waals surface area contributed by atoms with Gasteiger partial charge in [-0.05, 0) is 31.5 Å². The Labute approximate surface area is 140 Å². The number of hydrogen-bond donors (Lipinski definition) is 1. The van der Waals surface area contributed by atoms with Crippen molar-refractivity contribution < 1.29 is 9.53 Å². The Bertz CT molecular complexity index is 911. The molecule has 0 saturated carbocycles. The molecule has 0 spiro atoms. The highest BCUT2D eigenvalue weighted by atomic mass is 16.5. The first-order valence-corrected chi connectivity index (χ1v) is 8.00. The number of hydrogen-bond acceptors (Lipinski definition) is 3. The number of benzene rings is 1. The van der Waals surface area contributed by atoms with Gasteiger partial charge in [-0.15, -0.1) is 0 Å². The second kappa shape index (κ2) is 5.46. The average molecular weight is 321 g/mol. The summed E-state index contributed by atoms with van der Waals surface area (Å²) in [6, 6.07) is 13.8. The van der Waals surface area contributed by atoms with Gasteiger partial charge in [0.1, 0.15) is 11.2 Å². The molecule has 0 atom stereocenters. The monoisotopic (exact) mass is 321 g/mol. The molecule has 24 heavy (non-hydrogen) atoms. The van der Waals surface area contributed by atoms with Crippen molar-refractivity contribution in [1.82, 2.24) is 14.7 Å². The molecule has 3 heterocycles. The molecule has 0 radical (unpaired) electrons. The summed E-state index contributed by atoms with van der Waals surface area (Å²) < 4.78 is 7.34. The van der Waals surface area contributed by atoms with Crippen molar-refractivity contribution in [2.45, 2.75) is 19.4 Å². The Morgan fingerprint density at radius 2 is 1.96 bits per heavy atom. The first kappa shape index (κ1) is 14.9. The van der Waals surface area contributed by atoms with Crippen LogP contribution in [0.25, 0.3) is 5.65 Å². The lowest BCUT2D eigenvalue weighted by atomic mass is 9.87. The molecule has 3 aromatic rings. The molecule has 5 heteroatoms. The lowest BCUT2D eigenvalue weighted by Gasteiger charge is -2.42. The first-order chi connectivity index (χ1) is 11.6. The number of rotatable bonds is 3. The number of aryl methyl sites for hydroxylation is 2. The largest absolute Gasteiger partial charge is 0.376 e. The summed E-state index contributed by atoms with van der Waals surface area (Å²) in [6.07, 6.45) is 1.89. The third kappa shape index (κ3) is 2.29. The Hall–Kier alpha value is -2.66. The first-order valence-electron chi connectivity index (χ1n) is 8.00. The van der Waals surface area contributed by atoms with Crippen LogP contribution in [0.3, 0.4) is 0 Å². The Morgan fingerprint density at radius 1 is 1.21 bits per heavy atom. The van der Waals surface area contributed by atoms with Gasteiger partial charge in [0.05, 0.1) is 18.8 Å². The van der Waals surface area contributed by atoms with E-state index in [-0.39, 0.29) is 5.91 Å². The Morgan fingerprint density at radius 3 is 2.62 bits per heavy atom. The van der Waals surface area contributed by atoms with Crippen LogP contribution in [0, 0.1) is 13.8 Å². The van der Waals surface area contributed by atoms with Crippen LogP contribution < -0.4 is 5.32 Å². The van der Waals surface area contributed by atoms with Crippen molar-refractivity contribution >= 4 is 11.6 Å². The molecule has 5 nitrogen and oxygen atoms in total. The number of ether oxygens (including phenoxy) is 1. The predicted molar refractivity (Wildman–Crippen MR) is 91.1 cm³/mol. The minimum Gasteiger partial charge on any atom is -0.376 e. The second-order valence-electron chi connectivity index (χ2n) is 6.36. The summed E-state index contributed by atoms with van der Waals surface area (Å²) in [4.78, 5) is 17.4. The molecule has 1 saturated heterocycles.